The Morgan fingerprint density at radius 1 is 1.27 bits per heavy atom. The molecule has 0 aliphatic heterocycles. The van der Waals surface area contributed by atoms with Gasteiger partial charge in [0.05, 0.1) is 16.7 Å². The van der Waals surface area contributed by atoms with E-state index in [1.54, 1.807) is 31.6 Å². The van der Waals surface area contributed by atoms with E-state index < -0.39 is 0 Å². The number of rotatable bonds is 7. The van der Waals surface area contributed by atoms with Crippen molar-refractivity contribution in [3.8, 4) is 0 Å². The summed E-state index contributed by atoms with van der Waals surface area (Å²) in [6.45, 7) is 0. The standard InChI is InChI=1S/C18H24N8/c1-22-10-13(8-19)12-6-16-15(23-11-12)4-5-18(24-16)25-17(21)7-14(9-20)26(2)3/h4-11,19,22H,20-21H2,1-3H3,(H,24,25)/b13-10+,14-9+,17-7+,19-8?. The first-order chi connectivity index (χ1) is 12.5. The highest BCUT2D eigenvalue weighted by atomic mass is 15.1. The lowest BCUT2D eigenvalue weighted by atomic mass is 10.1. The van der Waals surface area contributed by atoms with Gasteiger partial charge in [-0.1, -0.05) is 0 Å². The zero-order valence-corrected chi connectivity index (χ0v) is 15.1. The minimum Gasteiger partial charge on any atom is -0.403 e. The van der Waals surface area contributed by atoms with E-state index in [0.717, 1.165) is 16.8 Å². The van der Waals surface area contributed by atoms with Crippen LogP contribution in [0.4, 0.5) is 5.82 Å². The van der Waals surface area contributed by atoms with Crippen LogP contribution in [0, 0.1) is 5.41 Å². The molecule has 26 heavy (non-hydrogen) atoms. The van der Waals surface area contributed by atoms with E-state index >= 15 is 0 Å². The van der Waals surface area contributed by atoms with Gasteiger partial charge in [-0.05, 0) is 18.2 Å². The molecule has 0 saturated heterocycles. The number of likely N-dealkylation sites (N-methyl/N-ethyl adjacent to an activating group) is 1. The number of hydrogen-bond acceptors (Lipinski definition) is 8. The Morgan fingerprint density at radius 3 is 2.65 bits per heavy atom. The number of fused-ring (bicyclic) bond motifs is 1. The van der Waals surface area contributed by atoms with Crippen LogP contribution >= 0.6 is 0 Å². The Bertz CT molecular complexity index is 880. The van der Waals surface area contributed by atoms with Gasteiger partial charge >= 0.3 is 0 Å². The molecule has 0 atom stereocenters. The summed E-state index contributed by atoms with van der Waals surface area (Å²) in [5.74, 6) is 1.01. The summed E-state index contributed by atoms with van der Waals surface area (Å²) in [7, 11) is 5.54. The number of allylic oxidation sites excluding steroid dienone is 2. The van der Waals surface area contributed by atoms with Gasteiger partial charge in [-0.25, -0.2) is 4.98 Å². The fourth-order valence-electron chi connectivity index (χ4n) is 2.27. The Morgan fingerprint density at radius 2 is 2.04 bits per heavy atom. The van der Waals surface area contributed by atoms with Crippen molar-refractivity contribution in [2.24, 2.45) is 11.5 Å². The number of nitrogens with two attached hydrogens (primary N) is 2. The van der Waals surface area contributed by atoms with Gasteiger partial charge in [0.1, 0.15) is 11.6 Å². The van der Waals surface area contributed by atoms with Crippen molar-refractivity contribution in [2.45, 2.75) is 0 Å². The fourth-order valence-corrected chi connectivity index (χ4v) is 2.27. The minimum atomic E-state index is 0.418. The zero-order valence-electron chi connectivity index (χ0n) is 15.1. The maximum absolute atomic E-state index is 7.52. The van der Waals surface area contributed by atoms with E-state index in [0.29, 0.717) is 22.7 Å². The van der Waals surface area contributed by atoms with Gasteiger partial charge in [-0.2, -0.15) is 0 Å². The predicted molar refractivity (Wildman–Crippen MR) is 107 cm³/mol. The van der Waals surface area contributed by atoms with Crippen LogP contribution in [0.15, 0.2) is 54.4 Å². The van der Waals surface area contributed by atoms with Gasteiger partial charge in [-0.15, -0.1) is 0 Å². The summed E-state index contributed by atoms with van der Waals surface area (Å²) >= 11 is 0. The van der Waals surface area contributed by atoms with Crippen molar-refractivity contribution in [1.29, 1.82) is 5.41 Å². The number of aromatic nitrogens is 2. The first-order valence-corrected chi connectivity index (χ1v) is 7.97. The average Bonchev–Trinajstić information content (AvgIpc) is 2.63. The van der Waals surface area contributed by atoms with Crippen LogP contribution in [0.2, 0.25) is 0 Å². The van der Waals surface area contributed by atoms with Crippen LogP contribution in [0.3, 0.4) is 0 Å². The largest absolute Gasteiger partial charge is 0.403 e. The fraction of sp³-hybridized carbons (Fsp3) is 0.167. The van der Waals surface area contributed by atoms with E-state index in [4.69, 9.17) is 16.9 Å². The molecule has 0 aromatic carbocycles. The molecule has 136 valence electrons. The molecule has 0 aliphatic rings. The second kappa shape index (κ2) is 8.52. The predicted octanol–water partition coefficient (Wildman–Crippen LogP) is 1.41. The molecule has 0 spiro atoms. The molecule has 0 unspecified atom stereocenters. The lowest BCUT2D eigenvalue weighted by Crippen LogP contribution is -2.16. The van der Waals surface area contributed by atoms with Gasteiger partial charge in [0.15, 0.2) is 0 Å². The van der Waals surface area contributed by atoms with Gasteiger partial charge in [0.25, 0.3) is 0 Å². The van der Waals surface area contributed by atoms with Crippen molar-refractivity contribution in [1.82, 2.24) is 20.2 Å². The lowest BCUT2D eigenvalue weighted by molar-refractivity contribution is 0.527. The van der Waals surface area contributed by atoms with Crippen LogP contribution in [0.5, 0.6) is 0 Å². The SMILES string of the molecule is CN/C=C(\C=N)c1cnc2ccc(N/C(N)=C/C(=C\N)N(C)C)nc2c1. The summed E-state index contributed by atoms with van der Waals surface area (Å²) < 4.78 is 0. The smallest absolute Gasteiger partial charge is 0.132 e. The van der Waals surface area contributed by atoms with Crippen molar-refractivity contribution in [2.75, 3.05) is 26.5 Å². The van der Waals surface area contributed by atoms with Gasteiger partial charge < -0.3 is 32.4 Å². The van der Waals surface area contributed by atoms with E-state index in [2.05, 4.69) is 20.6 Å². The van der Waals surface area contributed by atoms with E-state index in [-0.39, 0.29) is 0 Å². The van der Waals surface area contributed by atoms with E-state index in [9.17, 15) is 0 Å². The number of pyridine rings is 2. The topological polar surface area (TPSA) is 129 Å². The van der Waals surface area contributed by atoms with Crippen LogP contribution in [-0.4, -0.2) is 42.2 Å². The molecule has 7 N–H and O–H groups in total. The number of hydrogen-bond donors (Lipinski definition) is 5. The highest BCUT2D eigenvalue weighted by molar-refractivity contribution is 6.08. The molecule has 0 bridgehead atoms. The minimum absolute atomic E-state index is 0.418. The molecule has 2 aromatic heterocycles. The van der Waals surface area contributed by atoms with Gasteiger partial charge in [-0.3, -0.25) is 4.98 Å². The Balaban J connectivity index is 2.34. The quantitative estimate of drug-likeness (QED) is 0.376. The summed E-state index contributed by atoms with van der Waals surface area (Å²) in [5.41, 5.74) is 15.4. The van der Waals surface area contributed by atoms with Crippen LogP contribution < -0.4 is 22.1 Å². The van der Waals surface area contributed by atoms with Crippen molar-refractivity contribution in [3.63, 3.8) is 0 Å². The molecular weight excluding hydrogens is 328 g/mol. The molecule has 0 amide bonds. The summed E-state index contributed by atoms with van der Waals surface area (Å²) in [5, 5.41) is 13.5. The van der Waals surface area contributed by atoms with Gasteiger partial charge in [0.2, 0.25) is 0 Å². The summed E-state index contributed by atoms with van der Waals surface area (Å²) in [4.78, 5) is 10.8. The van der Waals surface area contributed by atoms with Crippen molar-refractivity contribution >= 4 is 28.6 Å². The first-order valence-electron chi connectivity index (χ1n) is 7.97. The molecule has 8 nitrogen and oxygen atoms in total. The maximum Gasteiger partial charge on any atom is 0.132 e. The second-order valence-electron chi connectivity index (χ2n) is 5.70. The zero-order chi connectivity index (χ0) is 19.1. The lowest BCUT2D eigenvalue weighted by Gasteiger charge is -2.14. The van der Waals surface area contributed by atoms with Crippen LogP contribution in [0.1, 0.15) is 5.56 Å². The number of nitrogens with one attached hydrogen (secondary N) is 3. The first kappa shape index (κ1) is 18.8. The molecule has 0 saturated carbocycles. The monoisotopic (exact) mass is 352 g/mol. The highest BCUT2D eigenvalue weighted by Gasteiger charge is 2.05. The van der Waals surface area contributed by atoms with Gasteiger partial charge in [0, 0.05) is 63.2 Å². The molecule has 8 heteroatoms. The third kappa shape index (κ3) is 4.50. The van der Waals surface area contributed by atoms with E-state index in [1.165, 1.54) is 12.4 Å². The molecule has 2 rings (SSSR count). The highest BCUT2D eigenvalue weighted by Crippen LogP contribution is 2.19. The maximum atomic E-state index is 7.52. The molecule has 0 aliphatic carbocycles. The third-order valence-electron chi connectivity index (χ3n) is 3.59. The molecule has 0 radical (unpaired) electrons. The summed E-state index contributed by atoms with van der Waals surface area (Å²) in [6.07, 6.45) is 7.93. The molecule has 2 heterocycles. The normalized spacial score (nSPS) is 12.8. The Hall–Kier alpha value is -3.55. The molecular formula is C18H24N8. The van der Waals surface area contributed by atoms with Crippen molar-refractivity contribution in [3.05, 3.63) is 60.0 Å². The van der Waals surface area contributed by atoms with Crippen LogP contribution in [-0.2, 0) is 0 Å². The van der Waals surface area contributed by atoms with Crippen molar-refractivity contribution < 1.29 is 0 Å². The Kier molecular flexibility index (Phi) is 6.15. The Labute approximate surface area is 152 Å². The second-order valence-corrected chi connectivity index (χ2v) is 5.70. The third-order valence-corrected chi connectivity index (χ3v) is 3.59. The van der Waals surface area contributed by atoms with Crippen LogP contribution in [0.25, 0.3) is 16.6 Å². The van der Waals surface area contributed by atoms with E-state index in [1.807, 2.05) is 31.1 Å². The molecule has 2 aromatic rings. The summed E-state index contributed by atoms with van der Waals surface area (Å²) in [6, 6.07) is 5.55. The number of nitrogens with zero attached hydrogens (tertiary/aromatic N) is 3. The number of anilines is 1. The molecule has 0 fully saturated rings. The average molecular weight is 352 g/mol.